The Balaban J connectivity index is 2.54. The summed E-state index contributed by atoms with van der Waals surface area (Å²) in [6, 6.07) is 5.14. The fourth-order valence-electron chi connectivity index (χ4n) is 1.56. The number of nitrogens with two attached hydrogens (primary N) is 1. The lowest BCUT2D eigenvalue weighted by Crippen LogP contribution is -2.17. The molecular formula is C12H8BrF3N2O2S. The van der Waals surface area contributed by atoms with Gasteiger partial charge in [-0.1, -0.05) is 6.07 Å². The minimum Gasteiger partial charge on any atom is -0.399 e. The van der Waals surface area contributed by atoms with Gasteiger partial charge >= 0.3 is 0 Å². The molecule has 0 heterocycles. The summed E-state index contributed by atoms with van der Waals surface area (Å²) in [5.74, 6) is -3.88. The molecule has 21 heavy (non-hydrogen) atoms. The Hall–Kier alpha value is -1.74. The molecule has 0 aliphatic heterocycles. The number of para-hydroxylation sites is 1. The second-order valence-electron chi connectivity index (χ2n) is 4.02. The molecule has 112 valence electrons. The van der Waals surface area contributed by atoms with Gasteiger partial charge in [0.15, 0.2) is 11.6 Å². The molecule has 0 spiro atoms. The summed E-state index contributed by atoms with van der Waals surface area (Å²) in [4.78, 5) is -1.00. The number of nitrogens with one attached hydrogen (secondary N) is 1. The minimum absolute atomic E-state index is 0.107. The van der Waals surface area contributed by atoms with Crippen molar-refractivity contribution >= 4 is 37.3 Å². The van der Waals surface area contributed by atoms with Crippen molar-refractivity contribution in [2.24, 2.45) is 0 Å². The maximum absolute atomic E-state index is 13.6. The number of anilines is 2. The molecule has 0 aliphatic carbocycles. The van der Waals surface area contributed by atoms with Crippen molar-refractivity contribution in [3.63, 3.8) is 0 Å². The van der Waals surface area contributed by atoms with Crippen LogP contribution in [0.15, 0.2) is 39.7 Å². The van der Waals surface area contributed by atoms with Crippen molar-refractivity contribution in [2.75, 3.05) is 10.5 Å². The molecule has 0 bridgehead atoms. The SMILES string of the molecule is Nc1cc(F)c(F)c(S(=O)(=O)Nc2c(F)cccc2Br)c1. The van der Waals surface area contributed by atoms with Crippen LogP contribution >= 0.6 is 15.9 Å². The standard InChI is InChI=1S/C12H8BrF3N2O2S/c13-7-2-1-3-8(14)12(7)18-21(19,20)10-5-6(17)4-9(15)11(10)16/h1-5,18H,17H2. The van der Waals surface area contributed by atoms with E-state index in [2.05, 4.69) is 15.9 Å². The lowest BCUT2D eigenvalue weighted by molar-refractivity contribution is 0.486. The molecule has 0 saturated heterocycles. The van der Waals surface area contributed by atoms with Gasteiger partial charge in [-0.3, -0.25) is 4.72 Å². The van der Waals surface area contributed by atoms with E-state index in [1.54, 1.807) is 0 Å². The summed E-state index contributed by atoms with van der Waals surface area (Å²) in [7, 11) is -4.55. The van der Waals surface area contributed by atoms with Gasteiger partial charge in [0.05, 0.1) is 5.69 Å². The number of hydrogen-bond acceptors (Lipinski definition) is 3. The van der Waals surface area contributed by atoms with E-state index in [0.717, 1.165) is 12.1 Å². The van der Waals surface area contributed by atoms with Crippen LogP contribution in [0, 0.1) is 17.5 Å². The number of hydrogen-bond donors (Lipinski definition) is 2. The summed E-state index contributed by atoms with van der Waals surface area (Å²) in [5.41, 5.74) is 4.60. The van der Waals surface area contributed by atoms with Crippen molar-refractivity contribution in [1.82, 2.24) is 0 Å². The van der Waals surface area contributed by atoms with Gasteiger partial charge in [-0.25, -0.2) is 21.6 Å². The monoisotopic (exact) mass is 380 g/mol. The van der Waals surface area contributed by atoms with E-state index in [-0.39, 0.29) is 10.2 Å². The van der Waals surface area contributed by atoms with E-state index in [4.69, 9.17) is 5.73 Å². The number of nitrogen functional groups attached to an aromatic ring is 1. The molecule has 2 rings (SSSR count). The van der Waals surface area contributed by atoms with Crippen molar-refractivity contribution in [3.8, 4) is 0 Å². The zero-order valence-electron chi connectivity index (χ0n) is 10.2. The molecule has 0 unspecified atom stereocenters. The van der Waals surface area contributed by atoms with Crippen LogP contribution < -0.4 is 10.5 Å². The van der Waals surface area contributed by atoms with E-state index in [0.29, 0.717) is 6.07 Å². The van der Waals surface area contributed by atoms with Gasteiger partial charge in [0.1, 0.15) is 10.7 Å². The predicted octanol–water partition coefficient (Wildman–Crippen LogP) is 3.25. The Bertz CT molecular complexity index is 792. The highest BCUT2D eigenvalue weighted by Gasteiger charge is 2.24. The molecule has 9 heteroatoms. The highest BCUT2D eigenvalue weighted by molar-refractivity contribution is 9.10. The van der Waals surface area contributed by atoms with Crippen LogP contribution in [0.4, 0.5) is 24.5 Å². The second-order valence-corrected chi connectivity index (χ2v) is 6.52. The lowest BCUT2D eigenvalue weighted by atomic mass is 10.3. The van der Waals surface area contributed by atoms with Crippen LogP contribution in [0.5, 0.6) is 0 Å². The number of halogens is 4. The molecule has 0 fully saturated rings. The van der Waals surface area contributed by atoms with E-state index >= 15 is 0 Å². The smallest absolute Gasteiger partial charge is 0.265 e. The average Bonchev–Trinajstić information content (AvgIpc) is 2.38. The topological polar surface area (TPSA) is 72.2 Å². The van der Waals surface area contributed by atoms with Gasteiger partial charge in [-0.2, -0.15) is 0 Å². The molecule has 4 nitrogen and oxygen atoms in total. The summed E-state index contributed by atoms with van der Waals surface area (Å²) in [6.45, 7) is 0. The molecule has 0 atom stereocenters. The Morgan fingerprint density at radius 2 is 1.76 bits per heavy atom. The van der Waals surface area contributed by atoms with Crippen LogP contribution in [0.1, 0.15) is 0 Å². The molecule has 0 aromatic heterocycles. The Labute approximate surface area is 127 Å². The quantitative estimate of drug-likeness (QED) is 0.802. The summed E-state index contributed by atoms with van der Waals surface area (Å²) >= 11 is 2.96. The van der Waals surface area contributed by atoms with Gasteiger partial charge in [0.25, 0.3) is 10.0 Å². The third kappa shape index (κ3) is 3.13. The molecular weight excluding hydrogens is 373 g/mol. The first-order valence-electron chi connectivity index (χ1n) is 5.43. The van der Waals surface area contributed by atoms with Crippen LogP contribution in [-0.2, 0) is 10.0 Å². The maximum Gasteiger partial charge on any atom is 0.265 e. The molecule has 2 aromatic carbocycles. The lowest BCUT2D eigenvalue weighted by Gasteiger charge is -2.12. The van der Waals surface area contributed by atoms with Crippen molar-refractivity contribution in [3.05, 3.63) is 52.3 Å². The first kappa shape index (κ1) is 15.6. The number of sulfonamides is 1. The maximum atomic E-state index is 13.6. The van der Waals surface area contributed by atoms with Crippen LogP contribution in [0.3, 0.4) is 0 Å². The highest BCUT2D eigenvalue weighted by Crippen LogP contribution is 2.29. The summed E-state index contributed by atoms with van der Waals surface area (Å²) in [5, 5.41) is 0. The second kappa shape index (κ2) is 5.57. The largest absolute Gasteiger partial charge is 0.399 e. The van der Waals surface area contributed by atoms with E-state index in [1.807, 2.05) is 4.72 Å². The van der Waals surface area contributed by atoms with Crippen molar-refractivity contribution < 1.29 is 21.6 Å². The fourth-order valence-corrected chi connectivity index (χ4v) is 3.35. The molecule has 0 amide bonds. The zero-order valence-corrected chi connectivity index (χ0v) is 12.6. The van der Waals surface area contributed by atoms with E-state index in [9.17, 15) is 21.6 Å². The third-order valence-corrected chi connectivity index (χ3v) is 4.52. The Kier molecular flexibility index (Phi) is 4.15. The Morgan fingerprint density at radius 3 is 2.38 bits per heavy atom. The van der Waals surface area contributed by atoms with Gasteiger partial charge < -0.3 is 5.73 Å². The minimum atomic E-state index is -4.55. The molecule has 0 radical (unpaired) electrons. The predicted molar refractivity (Wildman–Crippen MR) is 75.7 cm³/mol. The van der Waals surface area contributed by atoms with Crippen LogP contribution in [-0.4, -0.2) is 8.42 Å². The first-order valence-corrected chi connectivity index (χ1v) is 7.71. The Morgan fingerprint density at radius 1 is 1.10 bits per heavy atom. The van der Waals surface area contributed by atoms with Gasteiger partial charge in [-0.15, -0.1) is 0 Å². The number of benzene rings is 2. The van der Waals surface area contributed by atoms with Crippen molar-refractivity contribution in [1.29, 1.82) is 0 Å². The van der Waals surface area contributed by atoms with Gasteiger partial charge in [0.2, 0.25) is 0 Å². The summed E-state index contributed by atoms with van der Waals surface area (Å²) in [6.07, 6.45) is 0. The normalized spacial score (nSPS) is 11.4. The van der Waals surface area contributed by atoms with Crippen LogP contribution in [0.2, 0.25) is 0 Å². The highest BCUT2D eigenvalue weighted by atomic mass is 79.9. The molecule has 2 aromatic rings. The van der Waals surface area contributed by atoms with E-state index < -0.39 is 38.1 Å². The van der Waals surface area contributed by atoms with Crippen molar-refractivity contribution in [2.45, 2.75) is 4.90 Å². The molecule has 0 saturated carbocycles. The first-order chi connectivity index (χ1) is 9.72. The van der Waals surface area contributed by atoms with Gasteiger partial charge in [0, 0.05) is 10.2 Å². The van der Waals surface area contributed by atoms with E-state index in [1.165, 1.54) is 12.1 Å². The molecule has 3 N–H and O–H groups in total. The number of rotatable bonds is 3. The molecule has 0 aliphatic rings. The average molecular weight is 381 g/mol. The third-order valence-electron chi connectivity index (χ3n) is 2.51. The van der Waals surface area contributed by atoms with Gasteiger partial charge in [-0.05, 0) is 40.2 Å². The zero-order chi connectivity index (χ0) is 15.8. The van der Waals surface area contributed by atoms with Crippen LogP contribution in [0.25, 0.3) is 0 Å². The summed E-state index contributed by atoms with van der Waals surface area (Å²) < 4.78 is 66.6. The fraction of sp³-hybridized carbons (Fsp3) is 0.